The summed E-state index contributed by atoms with van der Waals surface area (Å²) < 4.78 is 5.28. The normalized spacial score (nSPS) is 53.6. The molecule has 2 nitrogen and oxygen atoms in total. The Labute approximate surface area is 210 Å². The van der Waals surface area contributed by atoms with Gasteiger partial charge >= 0.3 is 5.97 Å². The molecule has 0 aromatic carbocycles. The van der Waals surface area contributed by atoms with E-state index in [0.717, 1.165) is 30.1 Å². The Kier molecular flexibility index (Phi) is 5.57. The van der Waals surface area contributed by atoms with E-state index >= 15 is 0 Å². The number of hydrogen-bond acceptors (Lipinski definition) is 2. The average molecular weight is 469 g/mol. The molecule has 5 aliphatic carbocycles. The van der Waals surface area contributed by atoms with Crippen LogP contribution >= 0.6 is 0 Å². The van der Waals surface area contributed by atoms with Gasteiger partial charge in [0.2, 0.25) is 0 Å². The van der Waals surface area contributed by atoms with Crippen LogP contribution in [0.5, 0.6) is 0 Å². The molecule has 0 aromatic rings. The zero-order valence-corrected chi connectivity index (χ0v) is 23.6. The lowest BCUT2D eigenvalue weighted by molar-refractivity contribution is -0.247. The van der Waals surface area contributed by atoms with Gasteiger partial charge < -0.3 is 4.74 Å². The van der Waals surface area contributed by atoms with Crippen LogP contribution in [0.3, 0.4) is 0 Å². The van der Waals surface area contributed by atoms with Gasteiger partial charge in [-0.15, -0.1) is 0 Å². The van der Waals surface area contributed by atoms with Crippen LogP contribution in [-0.4, -0.2) is 13.1 Å². The van der Waals surface area contributed by atoms with Gasteiger partial charge in [-0.2, -0.15) is 0 Å². The highest BCUT2D eigenvalue weighted by Crippen LogP contribution is 2.78. The zero-order valence-electron chi connectivity index (χ0n) is 23.6. The summed E-state index contributed by atoms with van der Waals surface area (Å²) in [7, 11) is 1.57. The van der Waals surface area contributed by atoms with E-state index in [-0.39, 0.29) is 17.3 Å². The zero-order chi connectivity index (χ0) is 24.9. The number of carbonyl (C=O) groups excluding carboxylic acids is 1. The van der Waals surface area contributed by atoms with E-state index in [1.54, 1.807) is 7.11 Å². The van der Waals surface area contributed by atoms with Gasteiger partial charge in [0.05, 0.1) is 13.0 Å². The molecule has 0 radical (unpaired) electrons. The third kappa shape index (κ3) is 2.89. The van der Waals surface area contributed by atoms with Crippen LogP contribution in [0.2, 0.25) is 0 Å². The first-order valence-electron chi connectivity index (χ1n) is 14.5. The van der Waals surface area contributed by atoms with E-state index < -0.39 is 0 Å². The number of carbonyl (C=O) groups is 1. The highest BCUT2D eigenvalue weighted by molar-refractivity contribution is 5.73. The third-order valence-corrected chi connectivity index (χ3v) is 14.1. The molecule has 0 N–H and O–H groups in total. The number of rotatable bonds is 2. The minimum atomic E-state index is 0.0168. The Morgan fingerprint density at radius 1 is 0.735 bits per heavy atom. The minimum absolute atomic E-state index is 0.0168. The SMILES string of the molecule is C=C(C)[C@H]1CC[C@@]2(C)[C@H]3CC[C@@H]4[C@@]5(C)CC[C@@H](C(=O)OC)C(C)(C)[C@@H]5CC[C@@]4(C)[C@]3(C)CC[C@@H]12. The molecular formula is C32H52O2. The number of fused-ring (bicyclic) bond motifs is 7. The molecule has 5 fully saturated rings. The average Bonchev–Trinajstić information content (AvgIpc) is 3.11. The number of esters is 1. The van der Waals surface area contributed by atoms with Crippen molar-refractivity contribution in [3.05, 3.63) is 12.2 Å². The molecule has 0 bridgehead atoms. The van der Waals surface area contributed by atoms with Gasteiger partial charge in [-0.25, -0.2) is 0 Å². The summed E-state index contributed by atoms with van der Waals surface area (Å²) in [6.07, 6.45) is 13.2. The van der Waals surface area contributed by atoms with Crippen molar-refractivity contribution in [3.63, 3.8) is 0 Å². The molecule has 0 aromatic heterocycles. The van der Waals surface area contributed by atoms with Gasteiger partial charge in [-0.1, -0.05) is 53.7 Å². The molecule has 0 saturated heterocycles. The maximum Gasteiger partial charge on any atom is 0.309 e. The van der Waals surface area contributed by atoms with Gasteiger partial charge in [0, 0.05) is 0 Å². The van der Waals surface area contributed by atoms with Crippen LogP contribution < -0.4 is 0 Å². The van der Waals surface area contributed by atoms with E-state index in [0.29, 0.717) is 27.6 Å². The summed E-state index contributed by atoms with van der Waals surface area (Å²) >= 11 is 0. The number of hydrogen-bond donors (Lipinski definition) is 0. The van der Waals surface area contributed by atoms with E-state index in [2.05, 4.69) is 55.0 Å². The van der Waals surface area contributed by atoms with Crippen molar-refractivity contribution in [2.45, 2.75) is 113 Å². The van der Waals surface area contributed by atoms with Gasteiger partial charge in [-0.3, -0.25) is 4.79 Å². The molecule has 34 heavy (non-hydrogen) atoms. The molecule has 0 amide bonds. The summed E-state index contributed by atoms with van der Waals surface area (Å²) in [6, 6.07) is 0. The number of ether oxygens (including phenoxy) is 1. The number of allylic oxidation sites excluding steroid dienone is 1. The fourth-order valence-electron chi connectivity index (χ4n) is 12.3. The minimum Gasteiger partial charge on any atom is -0.469 e. The molecule has 192 valence electrons. The van der Waals surface area contributed by atoms with Crippen molar-refractivity contribution in [2.75, 3.05) is 7.11 Å². The lowest BCUT2D eigenvalue weighted by Crippen LogP contribution is -2.66. The van der Waals surface area contributed by atoms with Gasteiger partial charge in [0.1, 0.15) is 0 Å². The second-order valence-electron chi connectivity index (χ2n) is 15.2. The lowest BCUT2D eigenvalue weighted by atomic mass is 9.31. The van der Waals surface area contributed by atoms with Crippen molar-refractivity contribution in [1.82, 2.24) is 0 Å². The van der Waals surface area contributed by atoms with E-state index in [1.165, 1.54) is 63.4 Å². The predicted molar refractivity (Wildman–Crippen MR) is 140 cm³/mol. The molecular weight excluding hydrogens is 416 g/mol. The quantitative estimate of drug-likeness (QED) is 0.300. The van der Waals surface area contributed by atoms with Gasteiger partial charge in [0.15, 0.2) is 0 Å². The first-order valence-corrected chi connectivity index (χ1v) is 14.5. The topological polar surface area (TPSA) is 26.3 Å². The molecule has 10 atom stereocenters. The Morgan fingerprint density at radius 3 is 1.88 bits per heavy atom. The molecule has 5 rings (SSSR count). The Balaban J connectivity index is 1.49. The standard InChI is InChI=1S/C32H52O2/c1-20(2)21-12-16-29(5)22(21)14-18-31(7)25(29)10-11-26-30(6)17-13-23(27(33)34-9)28(3,4)24(30)15-19-32(26,31)8/h21-26H,1,10-19H2,2-9H3/t21-,22+,23+,24+,25-,26-,29-,30+,31-,32-/m1/s1. The Hall–Kier alpha value is -0.790. The molecule has 5 aliphatic rings. The fraction of sp³-hybridized carbons (Fsp3) is 0.906. The number of methoxy groups -OCH3 is 1. The largest absolute Gasteiger partial charge is 0.469 e. The first kappa shape index (κ1) is 24.9. The van der Waals surface area contributed by atoms with Crippen molar-refractivity contribution < 1.29 is 9.53 Å². The summed E-state index contributed by atoms with van der Waals surface area (Å²) in [4.78, 5) is 12.7. The highest BCUT2D eigenvalue weighted by Gasteiger charge is 2.71. The fourth-order valence-corrected chi connectivity index (χ4v) is 12.3. The molecule has 0 unspecified atom stereocenters. The van der Waals surface area contributed by atoms with Crippen LogP contribution in [0.1, 0.15) is 113 Å². The van der Waals surface area contributed by atoms with Crippen LogP contribution in [0.4, 0.5) is 0 Å². The van der Waals surface area contributed by atoms with Crippen molar-refractivity contribution in [1.29, 1.82) is 0 Å². The molecule has 0 heterocycles. The molecule has 0 aliphatic heterocycles. The van der Waals surface area contributed by atoms with Crippen molar-refractivity contribution in [2.24, 2.45) is 62.6 Å². The van der Waals surface area contributed by atoms with Crippen LogP contribution in [0.15, 0.2) is 12.2 Å². The lowest BCUT2D eigenvalue weighted by Gasteiger charge is -2.73. The van der Waals surface area contributed by atoms with Crippen molar-refractivity contribution in [3.8, 4) is 0 Å². The predicted octanol–water partition coefficient (Wildman–Crippen LogP) is 8.45. The smallest absolute Gasteiger partial charge is 0.309 e. The van der Waals surface area contributed by atoms with Crippen LogP contribution in [-0.2, 0) is 9.53 Å². The molecule has 0 spiro atoms. The summed E-state index contributed by atoms with van der Waals surface area (Å²) in [6.45, 7) is 22.3. The monoisotopic (exact) mass is 468 g/mol. The summed E-state index contributed by atoms with van der Waals surface area (Å²) in [5.74, 6) is 3.92. The van der Waals surface area contributed by atoms with E-state index in [9.17, 15) is 4.79 Å². The maximum atomic E-state index is 12.7. The van der Waals surface area contributed by atoms with Crippen LogP contribution in [0.25, 0.3) is 0 Å². The van der Waals surface area contributed by atoms with Crippen molar-refractivity contribution >= 4 is 5.97 Å². The molecule has 5 saturated carbocycles. The van der Waals surface area contributed by atoms with Crippen LogP contribution in [0, 0.1) is 62.6 Å². The first-order chi connectivity index (χ1) is 15.8. The summed E-state index contributed by atoms with van der Waals surface area (Å²) in [5, 5.41) is 0. The highest BCUT2D eigenvalue weighted by atomic mass is 16.5. The van der Waals surface area contributed by atoms with E-state index in [1.807, 2.05) is 0 Å². The molecule has 2 heteroatoms. The Morgan fingerprint density at radius 2 is 1.29 bits per heavy atom. The maximum absolute atomic E-state index is 12.7. The summed E-state index contributed by atoms with van der Waals surface area (Å²) in [5.41, 5.74) is 3.12. The second-order valence-corrected chi connectivity index (χ2v) is 15.2. The van der Waals surface area contributed by atoms with Gasteiger partial charge in [-0.05, 0) is 128 Å². The third-order valence-electron chi connectivity index (χ3n) is 14.1. The second kappa shape index (κ2) is 7.61. The Bertz CT molecular complexity index is 872. The van der Waals surface area contributed by atoms with E-state index in [4.69, 9.17) is 4.74 Å². The van der Waals surface area contributed by atoms with Gasteiger partial charge in [0.25, 0.3) is 0 Å².